The molecule has 0 aliphatic carbocycles. The van der Waals surface area contributed by atoms with Crippen LogP contribution in [0.2, 0.25) is 0 Å². The monoisotopic (exact) mass is 260 g/mol. The van der Waals surface area contributed by atoms with Gasteiger partial charge in [0.1, 0.15) is 0 Å². The third-order valence-corrected chi connectivity index (χ3v) is 4.04. The van der Waals surface area contributed by atoms with Gasteiger partial charge in [-0.1, -0.05) is 27.2 Å². The second-order valence-corrected chi connectivity index (χ2v) is 6.29. The molecule has 0 amide bonds. The molecule has 0 aliphatic heterocycles. The molecule has 0 aromatic carbocycles. The van der Waals surface area contributed by atoms with Gasteiger partial charge in [0.2, 0.25) is 0 Å². The van der Waals surface area contributed by atoms with Gasteiger partial charge in [-0.2, -0.15) is 11.8 Å². The number of hydrogen-bond acceptors (Lipinski definition) is 3. The molecule has 2 nitrogen and oxygen atoms in total. The third kappa shape index (κ3) is 8.06. The van der Waals surface area contributed by atoms with Crippen LogP contribution in [0.1, 0.15) is 47.0 Å². The molecule has 0 saturated carbocycles. The number of likely N-dealkylation sites (N-methyl/N-ethyl adjacent to an activating group) is 1. The minimum atomic E-state index is 0.587. The fourth-order valence-electron chi connectivity index (χ4n) is 2.01. The minimum Gasteiger partial charge on any atom is -0.313 e. The van der Waals surface area contributed by atoms with Gasteiger partial charge in [0.15, 0.2) is 0 Å². The molecule has 3 heteroatoms. The van der Waals surface area contributed by atoms with E-state index in [1.807, 2.05) is 11.8 Å². The van der Waals surface area contributed by atoms with Gasteiger partial charge in [0.05, 0.1) is 0 Å². The van der Waals surface area contributed by atoms with Gasteiger partial charge >= 0.3 is 0 Å². The van der Waals surface area contributed by atoms with Gasteiger partial charge < -0.3 is 5.32 Å². The third-order valence-electron chi connectivity index (χ3n) is 3.39. The van der Waals surface area contributed by atoms with Crippen LogP contribution in [0.5, 0.6) is 0 Å². The lowest BCUT2D eigenvalue weighted by molar-refractivity contribution is 0.165. The maximum absolute atomic E-state index is 3.58. The molecule has 0 aliphatic rings. The molecule has 0 heterocycles. The van der Waals surface area contributed by atoms with Crippen molar-refractivity contribution in [2.24, 2.45) is 0 Å². The van der Waals surface area contributed by atoms with Gasteiger partial charge in [-0.05, 0) is 38.8 Å². The molecule has 0 bridgehead atoms. The quantitative estimate of drug-likeness (QED) is 0.649. The highest BCUT2D eigenvalue weighted by molar-refractivity contribution is 7.98. The highest BCUT2D eigenvalue weighted by Crippen LogP contribution is 2.12. The first-order valence-electron chi connectivity index (χ1n) is 6.97. The van der Waals surface area contributed by atoms with E-state index in [9.17, 15) is 0 Å². The van der Waals surface area contributed by atoms with Crippen molar-refractivity contribution in [1.29, 1.82) is 0 Å². The summed E-state index contributed by atoms with van der Waals surface area (Å²) < 4.78 is 0. The van der Waals surface area contributed by atoms with E-state index in [0.717, 1.165) is 6.54 Å². The summed E-state index contributed by atoms with van der Waals surface area (Å²) in [6.45, 7) is 10.2. The van der Waals surface area contributed by atoms with Gasteiger partial charge in [-0.3, -0.25) is 4.90 Å². The van der Waals surface area contributed by atoms with Crippen LogP contribution in [0.4, 0.5) is 0 Å². The predicted octanol–water partition coefficient (Wildman–Crippen LogP) is 3.23. The van der Waals surface area contributed by atoms with Crippen LogP contribution < -0.4 is 5.32 Å². The molecule has 104 valence electrons. The Balaban J connectivity index is 4.15. The number of rotatable bonds is 10. The van der Waals surface area contributed by atoms with Crippen molar-refractivity contribution in [3.8, 4) is 0 Å². The number of nitrogens with zero attached hydrogens (tertiary/aromatic N) is 1. The normalized spacial score (nSPS) is 15.5. The average molecular weight is 260 g/mol. The van der Waals surface area contributed by atoms with Crippen molar-refractivity contribution in [3.05, 3.63) is 0 Å². The Morgan fingerprint density at radius 2 is 1.82 bits per heavy atom. The van der Waals surface area contributed by atoms with Crippen LogP contribution >= 0.6 is 11.8 Å². The second kappa shape index (κ2) is 10.2. The van der Waals surface area contributed by atoms with E-state index in [-0.39, 0.29) is 0 Å². The zero-order chi connectivity index (χ0) is 13.3. The molecule has 2 unspecified atom stereocenters. The lowest BCUT2D eigenvalue weighted by Gasteiger charge is -2.34. The minimum absolute atomic E-state index is 0.587. The average Bonchev–Trinajstić information content (AvgIpc) is 2.30. The highest BCUT2D eigenvalue weighted by Gasteiger charge is 2.18. The maximum atomic E-state index is 3.58. The number of nitrogens with one attached hydrogen (secondary N) is 1. The van der Waals surface area contributed by atoms with Crippen LogP contribution in [-0.4, -0.2) is 48.6 Å². The first kappa shape index (κ1) is 17.3. The van der Waals surface area contributed by atoms with E-state index >= 15 is 0 Å². The first-order valence-corrected chi connectivity index (χ1v) is 8.36. The van der Waals surface area contributed by atoms with Crippen molar-refractivity contribution < 1.29 is 0 Å². The SMILES string of the molecule is CCCC(CNC(C)C)N(C)C(C)CCSC. The molecule has 0 aromatic rings. The fraction of sp³-hybridized carbons (Fsp3) is 1.00. The molecule has 0 fully saturated rings. The summed E-state index contributed by atoms with van der Waals surface area (Å²) in [5, 5.41) is 3.58. The van der Waals surface area contributed by atoms with Crippen molar-refractivity contribution in [3.63, 3.8) is 0 Å². The Bertz CT molecular complexity index is 174. The number of hydrogen-bond donors (Lipinski definition) is 1. The Morgan fingerprint density at radius 3 is 2.29 bits per heavy atom. The fourth-order valence-corrected chi connectivity index (χ4v) is 2.58. The van der Waals surface area contributed by atoms with E-state index in [4.69, 9.17) is 0 Å². The summed E-state index contributed by atoms with van der Waals surface area (Å²) in [4.78, 5) is 2.56. The largest absolute Gasteiger partial charge is 0.313 e. The van der Waals surface area contributed by atoms with Gasteiger partial charge in [0.25, 0.3) is 0 Å². The van der Waals surface area contributed by atoms with Crippen LogP contribution in [0, 0.1) is 0 Å². The Morgan fingerprint density at radius 1 is 1.18 bits per heavy atom. The standard InChI is InChI=1S/C14H32N2S/c1-7-8-14(11-15-12(2)3)16(5)13(4)9-10-17-6/h12-15H,7-11H2,1-6H3. The summed E-state index contributed by atoms with van der Waals surface area (Å²) in [6.07, 6.45) is 6.04. The Labute approximate surface area is 113 Å². The molecular formula is C14H32N2S. The molecule has 17 heavy (non-hydrogen) atoms. The molecule has 0 spiro atoms. The molecule has 0 aromatic heterocycles. The molecule has 0 rings (SSSR count). The zero-order valence-electron chi connectivity index (χ0n) is 12.6. The van der Waals surface area contributed by atoms with E-state index in [2.05, 4.69) is 51.2 Å². The van der Waals surface area contributed by atoms with Gasteiger partial charge in [0, 0.05) is 24.7 Å². The van der Waals surface area contributed by atoms with Crippen LogP contribution in [0.3, 0.4) is 0 Å². The maximum Gasteiger partial charge on any atom is 0.0220 e. The van der Waals surface area contributed by atoms with Crippen molar-refractivity contribution in [2.45, 2.75) is 65.1 Å². The summed E-state index contributed by atoms with van der Waals surface area (Å²) >= 11 is 1.95. The van der Waals surface area contributed by atoms with Gasteiger partial charge in [-0.15, -0.1) is 0 Å². The lowest BCUT2D eigenvalue weighted by Crippen LogP contribution is -2.46. The van der Waals surface area contributed by atoms with Gasteiger partial charge in [-0.25, -0.2) is 0 Å². The number of thioether (sulfide) groups is 1. The van der Waals surface area contributed by atoms with Crippen LogP contribution in [0.25, 0.3) is 0 Å². The molecule has 0 radical (unpaired) electrons. The Hall–Kier alpha value is 0.270. The summed E-state index contributed by atoms with van der Waals surface area (Å²) in [7, 11) is 2.29. The van der Waals surface area contributed by atoms with E-state index in [0.29, 0.717) is 18.1 Å². The van der Waals surface area contributed by atoms with E-state index in [1.54, 1.807) is 0 Å². The van der Waals surface area contributed by atoms with Crippen LogP contribution in [-0.2, 0) is 0 Å². The lowest BCUT2D eigenvalue weighted by atomic mass is 10.1. The predicted molar refractivity (Wildman–Crippen MR) is 82.1 cm³/mol. The smallest absolute Gasteiger partial charge is 0.0220 e. The molecule has 0 saturated heterocycles. The molecular weight excluding hydrogens is 228 g/mol. The van der Waals surface area contributed by atoms with Crippen molar-refractivity contribution in [2.75, 3.05) is 25.6 Å². The van der Waals surface area contributed by atoms with Crippen LogP contribution in [0.15, 0.2) is 0 Å². The van der Waals surface area contributed by atoms with Crippen molar-refractivity contribution >= 4 is 11.8 Å². The molecule has 1 N–H and O–H groups in total. The second-order valence-electron chi connectivity index (χ2n) is 5.30. The molecule has 2 atom stereocenters. The summed E-state index contributed by atoms with van der Waals surface area (Å²) in [5.41, 5.74) is 0. The van der Waals surface area contributed by atoms with E-state index < -0.39 is 0 Å². The van der Waals surface area contributed by atoms with E-state index in [1.165, 1.54) is 25.0 Å². The highest BCUT2D eigenvalue weighted by atomic mass is 32.2. The summed E-state index contributed by atoms with van der Waals surface area (Å²) in [6, 6.07) is 1.96. The zero-order valence-corrected chi connectivity index (χ0v) is 13.4. The topological polar surface area (TPSA) is 15.3 Å². The first-order chi connectivity index (χ1) is 8.02. The van der Waals surface area contributed by atoms with Crippen molar-refractivity contribution in [1.82, 2.24) is 10.2 Å². The summed E-state index contributed by atoms with van der Waals surface area (Å²) in [5.74, 6) is 1.27. The Kier molecular flexibility index (Phi) is 10.4.